The Bertz CT molecular complexity index is 1020. The summed E-state index contributed by atoms with van der Waals surface area (Å²) in [6, 6.07) is 6.95. The number of hydrogen-bond acceptors (Lipinski definition) is 6. The number of fused-ring (bicyclic) bond motifs is 3. The van der Waals surface area contributed by atoms with Crippen molar-refractivity contribution in [2.75, 3.05) is 32.8 Å². The first-order valence-electron chi connectivity index (χ1n) is 11.7. The van der Waals surface area contributed by atoms with E-state index in [1.807, 2.05) is 24.3 Å². The number of hydrogen-bond donors (Lipinski definition) is 3. The van der Waals surface area contributed by atoms with E-state index in [0.717, 1.165) is 30.9 Å². The van der Waals surface area contributed by atoms with Gasteiger partial charge in [-0.2, -0.15) is 0 Å². The highest BCUT2D eigenvalue weighted by molar-refractivity contribution is 5.82. The zero-order valence-electron chi connectivity index (χ0n) is 18.2. The van der Waals surface area contributed by atoms with Gasteiger partial charge in [-0.3, -0.25) is 19.9 Å². The van der Waals surface area contributed by atoms with E-state index < -0.39 is 6.04 Å². The maximum atomic E-state index is 13.2. The molecule has 0 aliphatic carbocycles. The third kappa shape index (κ3) is 3.87. The molecule has 0 unspecified atom stereocenters. The highest BCUT2D eigenvalue weighted by Crippen LogP contribution is 2.42. The Morgan fingerprint density at radius 1 is 1.22 bits per heavy atom. The zero-order valence-corrected chi connectivity index (χ0v) is 18.2. The van der Waals surface area contributed by atoms with Crippen LogP contribution in [-0.4, -0.2) is 64.3 Å². The zero-order chi connectivity index (χ0) is 22.1. The normalized spacial score (nSPS) is 27.2. The van der Waals surface area contributed by atoms with Crippen molar-refractivity contribution in [3.05, 3.63) is 52.7 Å². The van der Waals surface area contributed by atoms with Crippen LogP contribution in [0.25, 0.3) is 11.1 Å². The van der Waals surface area contributed by atoms with E-state index in [1.165, 1.54) is 19.3 Å². The maximum Gasteiger partial charge on any atom is 0.258 e. The lowest BCUT2D eigenvalue weighted by Gasteiger charge is -2.27. The molecule has 0 spiro atoms. The van der Waals surface area contributed by atoms with Crippen molar-refractivity contribution in [3.63, 3.8) is 0 Å². The Labute approximate surface area is 187 Å². The summed E-state index contributed by atoms with van der Waals surface area (Å²) >= 11 is 0. The minimum absolute atomic E-state index is 0.00897. The van der Waals surface area contributed by atoms with Gasteiger partial charge in [-0.1, -0.05) is 12.5 Å². The SMILES string of the molecule is O=C(NCCN1CCCCC1)[C@@H]1N[C@@H]2c3ccc(-c4cccnc4)c(=O)n3C[C@@H]2[C@H]1CO. The van der Waals surface area contributed by atoms with Crippen LogP contribution in [0.5, 0.6) is 0 Å². The molecule has 3 aliphatic heterocycles. The molecule has 2 saturated heterocycles. The molecular formula is C24H31N5O3. The fourth-order valence-electron chi connectivity index (χ4n) is 5.63. The summed E-state index contributed by atoms with van der Waals surface area (Å²) in [7, 11) is 0. The van der Waals surface area contributed by atoms with Crippen LogP contribution in [0.15, 0.2) is 41.5 Å². The first-order valence-corrected chi connectivity index (χ1v) is 11.7. The van der Waals surface area contributed by atoms with Gasteiger partial charge in [0.1, 0.15) is 0 Å². The van der Waals surface area contributed by atoms with E-state index in [1.54, 1.807) is 17.0 Å². The Hall–Kier alpha value is -2.55. The average molecular weight is 438 g/mol. The van der Waals surface area contributed by atoms with E-state index in [4.69, 9.17) is 0 Å². The molecule has 5 rings (SSSR count). The lowest BCUT2D eigenvalue weighted by atomic mass is 9.88. The second-order valence-corrected chi connectivity index (χ2v) is 9.15. The predicted molar refractivity (Wildman–Crippen MR) is 121 cm³/mol. The van der Waals surface area contributed by atoms with E-state index in [-0.39, 0.29) is 36.0 Å². The van der Waals surface area contributed by atoms with Gasteiger partial charge in [0, 0.05) is 67.3 Å². The van der Waals surface area contributed by atoms with Gasteiger partial charge < -0.3 is 19.9 Å². The van der Waals surface area contributed by atoms with Gasteiger partial charge in [0.25, 0.3) is 5.56 Å². The van der Waals surface area contributed by atoms with Crippen LogP contribution in [0.3, 0.4) is 0 Å². The second kappa shape index (κ2) is 9.13. The largest absolute Gasteiger partial charge is 0.396 e. The molecule has 1 amide bonds. The molecule has 0 saturated carbocycles. The van der Waals surface area contributed by atoms with E-state index >= 15 is 0 Å². The summed E-state index contributed by atoms with van der Waals surface area (Å²) in [5.41, 5.74) is 2.25. The van der Waals surface area contributed by atoms with Crippen LogP contribution in [0, 0.1) is 11.8 Å². The van der Waals surface area contributed by atoms with E-state index in [9.17, 15) is 14.7 Å². The minimum atomic E-state index is -0.446. The Morgan fingerprint density at radius 3 is 2.81 bits per heavy atom. The monoisotopic (exact) mass is 437 g/mol. The molecule has 4 atom stereocenters. The molecule has 0 aromatic carbocycles. The molecule has 0 radical (unpaired) electrons. The number of piperidine rings is 1. The first-order chi connectivity index (χ1) is 15.7. The molecule has 8 nitrogen and oxygen atoms in total. The molecular weight excluding hydrogens is 406 g/mol. The van der Waals surface area contributed by atoms with Crippen LogP contribution in [0.1, 0.15) is 31.0 Å². The molecule has 0 bridgehead atoms. The molecule has 2 aromatic heterocycles. The standard InChI is InChI=1S/C24H31N5O3/c30-15-19-18-14-29-20(7-6-17(24(29)32)16-5-4-8-25-13-16)21(18)27-22(19)23(31)26-9-12-28-10-2-1-3-11-28/h4-8,13,18-19,21-22,27,30H,1-3,9-12,14-15H2,(H,26,31)/t18-,19-,21+,22-/m1/s1. The summed E-state index contributed by atoms with van der Waals surface area (Å²) in [4.78, 5) is 32.6. The predicted octanol–water partition coefficient (Wildman–Crippen LogP) is 0.764. The molecule has 32 heavy (non-hydrogen) atoms. The maximum absolute atomic E-state index is 13.2. The summed E-state index contributed by atoms with van der Waals surface area (Å²) in [5, 5.41) is 16.6. The summed E-state index contributed by atoms with van der Waals surface area (Å²) < 4.78 is 1.79. The number of amides is 1. The topological polar surface area (TPSA) is 99.5 Å². The van der Waals surface area contributed by atoms with Gasteiger partial charge in [0.15, 0.2) is 0 Å². The molecule has 5 heterocycles. The molecule has 3 N–H and O–H groups in total. The highest BCUT2D eigenvalue weighted by atomic mass is 16.3. The summed E-state index contributed by atoms with van der Waals surface area (Å²) in [5.74, 6) is -0.276. The smallest absolute Gasteiger partial charge is 0.258 e. The number of nitrogens with zero attached hydrogens (tertiary/aromatic N) is 3. The number of carbonyl (C=O) groups is 1. The third-order valence-corrected chi connectivity index (χ3v) is 7.33. The Morgan fingerprint density at radius 2 is 2.06 bits per heavy atom. The fraction of sp³-hybridized carbons (Fsp3) is 0.542. The average Bonchev–Trinajstić information content (AvgIpc) is 3.37. The van der Waals surface area contributed by atoms with Crippen molar-refractivity contribution < 1.29 is 9.90 Å². The number of aromatic nitrogens is 2. The quantitative estimate of drug-likeness (QED) is 0.617. The number of pyridine rings is 2. The number of likely N-dealkylation sites (tertiary alicyclic amines) is 1. The van der Waals surface area contributed by atoms with Crippen molar-refractivity contribution in [3.8, 4) is 11.1 Å². The third-order valence-electron chi connectivity index (χ3n) is 7.33. The number of aliphatic hydroxyl groups is 1. The van der Waals surface area contributed by atoms with Crippen molar-refractivity contribution in [2.45, 2.75) is 37.9 Å². The number of rotatable bonds is 6. The number of aliphatic hydroxyl groups excluding tert-OH is 1. The Balaban J connectivity index is 1.28. The van der Waals surface area contributed by atoms with Crippen LogP contribution >= 0.6 is 0 Å². The second-order valence-electron chi connectivity index (χ2n) is 9.15. The van der Waals surface area contributed by atoms with Gasteiger partial charge in [0.05, 0.1) is 12.1 Å². The lowest BCUT2D eigenvalue weighted by molar-refractivity contribution is -0.124. The van der Waals surface area contributed by atoms with Crippen molar-refractivity contribution in [1.29, 1.82) is 0 Å². The van der Waals surface area contributed by atoms with Crippen LogP contribution in [0.2, 0.25) is 0 Å². The first kappa shape index (κ1) is 21.3. The van der Waals surface area contributed by atoms with Crippen molar-refractivity contribution in [2.24, 2.45) is 11.8 Å². The van der Waals surface area contributed by atoms with Crippen LogP contribution in [0.4, 0.5) is 0 Å². The van der Waals surface area contributed by atoms with Gasteiger partial charge in [-0.25, -0.2) is 0 Å². The molecule has 2 aromatic rings. The summed E-state index contributed by atoms with van der Waals surface area (Å²) in [6.07, 6.45) is 7.14. The number of nitrogens with one attached hydrogen (secondary N) is 2. The van der Waals surface area contributed by atoms with E-state index in [2.05, 4.69) is 20.5 Å². The molecule has 2 fully saturated rings. The molecule has 170 valence electrons. The van der Waals surface area contributed by atoms with Gasteiger partial charge in [-0.05, 0) is 44.1 Å². The van der Waals surface area contributed by atoms with Crippen molar-refractivity contribution in [1.82, 2.24) is 25.1 Å². The van der Waals surface area contributed by atoms with E-state index in [0.29, 0.717) is 18.7 Å². The molecule has 3 aliphatic rings. The van der Waals surface area contributed by atoms with Crippen LogP contribution < -0.4 is 16.2 Å². The minimum Gasteiger partial charge on any atom is -0.396 e. The van der Waals surface area contributed by atoms with Gasteiger partial charge in [0.2, 0.25) is 5.91 Å². The lowest BCUT2D eigenvalue weighted by Crippen LogP contribution is -2.48. The number of carbonyl (C=O) groups excluding carboxylic acids is 1. The fourth-order valence-corrected chi connectivity index (χ4v) is 5.63. The molecule has 8 heteroatoms. The van der Waals surface area contributed by atoms with Crippen LogP contribution in [-0.2, 0) is 11.3 Å². The van der Waals surface area contributed by atoms with Crippen molar-refractivity contribution >= 4 is 5.91 Å². The summed E-state index contributed by atoms with van der Waals surface area (Å²) in [6.45, 7) is 4.11. The Kier molecular flexibility index (Phi) is 6.08. The van der Waals surface area contributed by atoms with Gasteiger partial charge >= 0.3 is 0 Å². The van der Waals surface area contributed by atoms with Gasteiger partial charge in [-0.15, -0.1) is 0 Å². The highest BCUT2D eigenvalue weighted by Gasteiger charge is 2.50.